The Morgan fingerprint density at radius 1 is 1.32 bits per heavy atom. The molecule has 25 heavy (non-hydrogen) atoms. The molecule has 132 valence electrons. The van der Waals surface area contributed by atoms with Gasteiger partial charge in [-0.1, -0.05) is 18.2 Å². The van der Waals surface area contributed by atoms with E-state index < -0.39 is 0 Å². The zero-order valence-electron chi connectivity index (χ0n) is 14.7. The first-order valence-corrected chi connectivity index (χ1v) is 8.14. The van der Waals surface area contributed by atoms with Crippen molar-refractivity contribution >= 4 is 0 Å². The first-order chi connectivity index (χ1) is 12.2. The summed E-state index contributed by atoms with van der Waals surface area (Å²) in [6.45, 7) is 4.63. The van der Waals surface area contributed by atoms with Crippen molar-refractivity contribution < 1.29 is 0 Å². The number of aromatic nitrogens is 2. The maximum atomic E-state index is 8.86. The fourth-order valence-electron chi connectivity index (χ4n) is 2.04. The van der Waals surface area contributed by atoms with Gasteiger partial charge in [0.15, 0.2) is 6.19 Å². The third-order valence-electron chi connectivity index (χ3n) is 3.29. The number of nitrogens with zero attached hydrogens (tertiary/aromatic N) is 4. The third kappa shape index (κ3) is 8.99. The monoisotopic (exact) mass is 339 g/mol. The molecular formula is C18H25N7. The normalized spacial score (nSPS) is 15.0. The fourth-order valence-corrected chi connectivity index (χ4v) is 2.04. The van der Waals surface area contributed by atoms with E-state index in [0.29, 0.717) is 6.67 Å². The van der Waals surface area contributed by atoms with Gasteiger partial charge >= 0.3 is 0 Å². The lowest BCUT2D eigenvalue weighted by Crippen LogP contribution is -2.29. The summed E-state index contributed by atoms with van der Waals surface area (Å²) in [4.78, 5) is 4.20. The number of hydrogen-bond donors (Lipinski definition) is 3. The summed E-state index contributed by atoms with van der Waals surface area (Å²) in [7, 11) is 1.57. The van der Waals surface area contributed by atoms with Crippen LogP contribution in [0.4, 0.5) is 0 Å². The maximum absolute atomic E-state index is 8.86. The van der Waals surface area contributed by atoms with Gasteiger partial charge in [-0.25, -0.2) is 4.98 Å². The molecule has 0 saturated carbocycles. The van der Waals surface area contributed by atoms with Crippen LogP contribution in [0.25, 0.3) is 0 Å². The summed E-state index contributed by atoms with van der Waals surface area (Å²) >= 11 is 0. The highest BCUT2D eigenvalue weighted by atomic mass is 15.1. The average Bonchev–Trinajstić information content (AvgIpc) is 2.91. The molecule has 7 heteroatoms. The number of aryl methyl sites for hydroxylation is 2. The number of hydrogen-bond acceptors (Lipinski definition) is 6. The van der Waals surface area contributed by atoms with Gasteiger partial charge in [0.05, 0.1) is 30.7 Å². The van der Waals surface area contributed by atoms with Gasteiger partial charge in [-0.3, -0.25) is 0 Å². The largest absolute Gasteiger partial charge is 0.372 e. The van der Waals surface area contributed by atoms with E-state index in [9.17, 15) is 0 Å². The molecule has 0 fully saturated rings. The molecule has 3 N–H and O–H groups in total. The van der Waals surface area contributed by atoms with Gasteiger partial charge in [0, 0.05) is 25.5 Å². The molecule has 1 heterocycles. The molecule has 0 saturated heterocycles. The Labute approximate surface area is 149 Å². The van der Waals surface area contributed by atoms with Gasteiger partial charge in [0.25, 0.3) is 0 Å². The molecule has 1 aliphatic rings. The van der Waals surface area contributed by atoms with Crippen molar-refractivity contribution in [2.24, 2.45) is 5.92 Å². The molecule has 0 spiro atoms. The highest BCUT2D eigenvalue weighted by Gasteiger charge is 2.00. The summed E-state index contributed by atoms with van der Waals surface area (Å²) < 4.78 is 2.10. The van der Waals surface area contributed by atoms with E-state index in [1.165, 1.54) is 0 Å². The van der Waals surface area contributed by atoms with E-state index in [1.54, 1.807) is 13.2 Å². The minimum atomic E-state index is -0.132. The van der Waals surface area contributed by atoms with Crippen LogP contribution in [0, 0.1) is 35.6 Å². The van der Waals surface area contributed by atoms with Crippen LogP contribution in [-0.2, 0) is 6.54 Å². The van der Waals surface area contributed by atoms with Gasteiger partial charge in [-0.2, -0.15) is 10.5 Å². The molecular weight excluding hydrogens is 314 g/mol. The van der Waals surface area contributed by atoms with E-state index in [0.717, 1.165) is 30.9 Å². The van der Waals surface area contributed by atoms with Crippen molar-refractivity contribution in [2.45, 2.75) is 19.9 Å². The van der Waals surface area contributed by atoms with Crippen molar-refractivity contribution in [2.75, 3.05) is 20.3 Å². The lowest BCUT2D eigenvalue weighted by Gasteiger charge is -2.08. The van der Waals surface area contributed by atoms with E-state index in [-0.39, 0.29) is 5.92 Å². The molecule has 0 aromatic carbocycles. The highest BCUT2D eigenvalue weighted by molar-refractivity contribution is 5.30. The second-order valence-electron chi connectivity index (χ2n) is 5.34. The van der Waals surface area contributed by atoms with Crippen molar-refractivity contribution in [3.05, 3.63) is 54.3 Å². The average molecular weight is 339 g/mol. The van der Waals surface area contributed by atoms with Gasteiger partial charge in [0.2, 0.25) is 0 Å². The molecule has 0 aliphatic heterocycles. The molecule has 0 bridgehead atoms. The van der Waals surface area contributed by atoms with Crippen LogP contribution in [0.1, 0.15) is 12.1 Å². The second kappa shape index (κ2) is 12.4. The van der Waals surface area contributed by atoms with Gasteiger partial charge in [0.1, 0.15) is 0 Å². The number of allylic oxidation sites excluding steroid dienone is 5. The number of nitrogens with one attached hydrogen (secondary N) is 3. The predicted molar refractivity (Wildman–Crippen MR) is 97.7 cm³/mol. The zero-order chi connectivity index (χ0) is 18.3. The molecule has 2 rings (SSSR count). The Morgan fingerprint density at radius 3 is 2.76 bits per heavy atom. The second-order valence-corrected chi connectivity index (χ2v) is 5.34. The Morgan fingerprint density at radius 2 is 2.12 bits per heavy atom. The van der Waals surface area contributed by atoms with E-state index >= 15 is 0 Å². The van der Waals surface area contributed by atoms with Crippen LogP contribution in [0.15, 0.2) is 48.6 Å². The Bertz CT molecular complexity index is 670. The van der Waals surface area contributed by atoms with Crippen molar-refractivity contribution in [3.63, 3.8) is 0 Å². The lowest BCUT2D eigenvalue weighted by atomic mass is 10.1. The van der Waals surface area contributed by atoms with E-state index in [2.05, 4.69) is 37.8 Å². The van der Waals surface area contributed by atoms with Crippen molar-refractivity contribution in [1.82, 2.24) is 25.5 Å². The van der Waals surface area contributed by atoms with Crippen LogP contribution in [-0.4, -0.2) is 29.8 Å². The molecule has 1 atom stereocenters. The topological polar surface area (TPSA) is 101 Å². The summed E-state index contributed by atoms with van der Waals surface area (Å²) in [5, 5.41) is 25.2. The number of rotatable bonds is 7. The fraction of sp³-hybridized carbons (Fsp3) is 0.389. The summed E-state index contributed by atoms with van der Waals surface area (Å²) in [5.74, 6) is -0.132. The van der Waals surface area contributed by atoms with Crippen LogP contribution >= 0.6 is 0 Å². The van der Waals surface area contributed by atoms with Crippen LogP contribution in [0.3, 0.4) is 0 Å². The van der Waals surface area contributed by atoms with Gasteiger partial charge < -0.3 is 20.5 Å². The standard InChI is InChI=1S/C16H21N5.C2H4N2/c1-14-11-21(13-20-14)9-3-8-18-12-19-16-5-2-4-15(10-17)6-7-16;1-4-2-3/h2,4-7,11,13,15,18-19H,3,8-9,12H2,1H3;4H,1H3. The zero-order valence-corrected chi connectivity index (χ0v) is 14.7. The number of nitriles is 2. The first-order valence-electron chi connectivity index (χ1n) is 8.14. The van der Waals surface area contributed by atoms with E-state index in [4.69, 9.17) is 10.5 Å². The lowest BCUT2D eigenvalue weighted by molar-refractivity contribution is 0.565. The summed E-state index contributed by atoms with van der Waals surface area (Å²) in [5.41, 5.74) is 2.07. The van der Waals surface area contributed by atoms with Gasteiger partial charge in [-0.15, -0.1) is 0 Å². The predicted octanol–water partition coefficient (Wildman–Crippen LogP) is 1.55. The number of imidazole rings is 1. The Hall–Kier alpha value is -3.03. The minimum absolute atomic E-state index is 0.132. The molecule has 0 amide bonds. The minimum Gasteiger partial charge on any atom is -0.372 e. The Kier molecular flexibility index (Phi) is 9.93. The quantitative estimate of drug-likeness (QED) is 0.302. The van der Waals surface area contributed by atoms with Crippen LogP contribution in [0.2, 0.25) is 0 Å². The molecule has 1 unspecified atom stereocenters. The molecule has 1 aromatic rings. The molecule has 7 nitrogen and oxygen atoms in total. The Balaban J connectivity index is 0.000000705. The molecule has 1 aromatic heterocycles. The smallest absolute Gasteiger partial charge is 0.176 e. The molecule has 1 aliphatic carbocycles. The van der Waals surface area contributed by atoms with Gasteiger partial charge in [-0.05, 0) is 32.0 Å². The van der Waals surface area contributed by atoms with Crippen molar-refractivity contribution in [3.8, 4) is 12.3 Å². The summed E-state index contributed by atoms with van der Waals surface area (Å²) in [6, 6.07) is 2.21. The molecule has 0 radical (unpaired) electrons. The van der Waals surface area contributed by atoms with E-state index in [1.807, 2.05) is 43.6 Å². The first kappa shape index (κ1) is 20.0. The summed E-state index contributed by atoms with van der Waals surface area (Å²) in [6.07, 6.45) is 16.3. The van der Waals surface area contributed by atoms with Crippen molar-refractivity contribution in [1.29, 1.82) is 10.5 Å². The SMILES string of the molecule is CNC#N.Cc1cn(CCCNCNC2=CC=CC(C#N)C=C2)cn1. The highest BCUT2D eigenvalue weighted by Crippen LogP contribution is 2.07. The third-order valence-corrected chi connectivity index (χ3v) is 3.29. The van der Waals surface area contributed by atoms with Crippen LogP contribution < -0.4 is 16.0 Å². The van der Waals surface area contributed by atoms with Crippen LogP contribution in [0.5, 0.6) is 0 Å². The maximum Gasteiger partial charge on any atom is 0.176 e.